The number of hydrogen-bond donors (Lipinski definition) is 1. The van der Waals surface area contributed by atoms with Crippen LogP contribution < -0.4 is 11.2 Å². The summed E-state index contributed by atoms with van der Waals surface area (Å²) in [5.41, 5.74) is 5.20. The van der Waals surface area contributed by atoms with Crippen molar-refractivity contribution in [3.8, 4) is 0 Å². The van der Waals surface area contributed by atoms with Gasteiger partial charge in [0.15, 0.2) is 0 Å². The Balaban J connectivity index is 2.35. The lowest BCUT2D eigenvalue weighted by Gasteiger charge is -2.32. The van der Waals surface area contributed by atoms with E-state index in [2.05, 4.69) is 4.98 Å². The smallest absolute Gasteiger partial charge is 0.399 e. The first-order valence-corrected chi connectivity index (χ1v) is 5.49. The minimum atomic E-state index is -0.768. The molecule has 17 heavy (non-hydrogen) atoms. The Hall–Kier alpha value is -1.14. The first kappa shape index (κ1) is 12.3. The summed E-state index contributed by atoms with van der Waals surface area (Å²) >= 11 is 0. The molecule has 0 atom stereocenters. The Morgan fingerprint density at radius 3 is 2.29 bits per heavy atom. The molecular formula is C11H16BFN2O2. The second-order valence-electron chi connectivity index (χ2n) is 5.24. The standard InChI is InChI=1S/C11H16BFN2O2/c1-10(2)11(3,4)17-12(16-10)8-5-7(14)6-15-9(8)13/h5-6H,14H2,1-4H3. The molecule has 92 valence electrons. The summed E-state index contributed by atoms with van der Waals surface area (Å²) in [5.74, 6) is -0.613. The summed E-state index contributed by atoms with van der Waals surface area (Å²) in [6.45, 7) is 7.63. The van der Waals surface area contributed by atoms with Crippen LogP contribution in [-0.2, 0) is 9.31 Å². The molecule has 1 aromatic heterocycles. The van der Waals surface area contributed by atoms with Gasteiger partial charge in [-0.3, -0.25) is 0 Å². The first-order valence-electron chi connectivity index (χ1n) is 5.49. The molecule has 1 fully saturated rings. The second kappa shape index (κ2) is 3.68. The summed E-state index contributed by atoms with van der Waals surface area (Å²) in [7, 11) is -0.768. The van der Waals surface area contributed by atoms with Gasteiger partial charge in [0.05, 0.1) is 17.4 Å². The molecule has 1 aromatic rings. The molecule has 0 radical (unpaired) electrons. The van der Waals surface area contributed by atoms with E-state index >= 15 is 0 Å². The van der Waals surface area contributed by atoms with Gasteiger partial charge in [-0.25, -0.2) is 4.98 Å². The van der Waals surface area contributed by atoms with Crippen molar-refractivity contribution in [1.82, 2.24) is 4.98 Å². The molecule has 0 aromatic carbocycles. The third-order valence-electron chi connectivity index (χ3n) is 3.39. The van der Waals surface area contributed by atoms with E-state index in [4.69, 9.17) is 15.0 Å². The minimum absolute atomic E-state index is 0.239. The topological polar surface area (TPSA) is 57.4 Å². The fourth-order valence-electron chi connectivity index (χ4n) is 1.62. The van der Waals surface area contributed by atoms with Crippen molar-refractivity contribution < 1.29 is 13.7 Å². The second-order valence-corrected chi connectivity index (χ2v) is 5.24. The third-order valence-corrected chi connectivity index (χ3v) is 3.39. The van der Waals surface area contributed by atoms with Crippen molar-refractivity contribution in [3.05, 3.63) is 18.2 Å². The fraction of sp³-hybridized carbons (Fsp3) is 0.545. The number of rotatable bonds is 1. The van der Waals surface area contributed by atoms with E-state index in [-0.39, 0.29) is 5.46 Å². The monoisotopic (exact) mass is 238 g/mol. The lowest BCUT2D eigenvalue weighted by molar-refractivity contribution is 0.00578. The predicted molar refractivity (Wildman–Crippen MR) is 64.3 cm³/mol. The van der Waals surface area contributed by atoms with E-state index in [0.29, 0.717) is 5.69 Å². The van der Waals surface area contributed by atoms with Crippen molar-refractivity contribution in [2.45, 2.75) is 38.9 Å². The molecule has 0 spiro atoms. The summed E-state index contributed by atoms with van der Waals surface area (Å²) < 4.78 is 25.1. The van der Waals surface area contributed by atoms with E-state index < -0.39 is 24.3 Å². The molecular weight excluding hydrogens is 222 g/mol. The van der Waals surface area contributed by atoms with E-state index in [0.717, 1.165) is 0 Å². The zero-order valence-corrected chi connectivity index (χ0v) is 10.5. The van der Waals surface area contributed by atoms with Gasteiger partial charge in [0.2, 0.25) is 5.95 Å². The molecule has 0 unspecified atom stereocenters. The minimum Gasteiger partial charge on any atom is -0.399 e. The normalized spacial score (nSPS) is 21.8. The number of pyridine rings is 1. The van der Waals surface area contributed by atoms with Gasteiger partial charge in [-0.15, -0.1) is 0 Å². The van der Waals surface area contributed by atoms with Gasteiger partial charge < -0.3 is 15.0 Å². The van der Waals surface area contributed by atoms with Crippen LogP contribution in [-0.4, -0.2) is 23.3 Å². The zero-order valence-electron chi connectivity index (χ0n) is 10.5. The van der Waals surface area contributed by atoms with Crippen LogP contribution in [0.4, 0.5) is 10.1 Å². The molecule has 2 N–H and O–H groups in total. The van der Waals surface area contributed by atoms with Crippen molar-refractivity contribution >= 4 is 18.3 Å². The SMILES string of the molecule is CC1(C)OB(c2cc(N)cnc2F)OC1(C)C. The highest BCUT2D eigenvalue weighted by Crippen LogP contribution is 2.36. The van der Waals surface area contributed by atoms with Crippen LogP contribution in [0.5, 0.6) is 0 Å². The number of nitrogens with zero attached hydrogens (tertiary/aromatic N) is 1. The number of nitrogens with two attached hydrogens (primary N) is 1. The Bertz CT molecular complexity index is 435. The zero-order chi connectivity index (χ0) is 12.8. The highest BCUT2D eigenvalue weighted by molar-refractivity contribution is 6.62. The molecule has 4 nitrogen and oxygen atoms in total. The van der Waals surface area contributed by atoms with Crippen molar-refractivity contribution in [2.24, 2.45) is 0 Å². The molecule has 0 aliphatic carbocycles. The Morgan fingerprint density at radius 1 is 1.24 bits per heavy atom. The van der Waals surface area contributed by atoms with E-state index in [9.17, 15) is 4.39 Å². The molecule has 0 saturated carbocycles. The van der Waals surface area contributed by atoms with Crippen molar-refractivity contribution in [3.63, 3.8) is 0 Å². The maximum absolute atomic E-state index is 13.6. The van der Waals surface area contributed by atoms with Crippen molar-refractivity contribution in [2.75, 3.05) is 5.73 Å². The Kier molecular flexibility index (Phi) is 2.67. The number of halogens is 1. The lowest BCUT2D eigenvalue weighted by atomic mass is 9.80. The molecule has 0 bridgehead atoms. The van der Waals surface area contributed by atoms with Crippen LogP contribution in [0.1, 0.15) is 27.7 Å². The maximum Gasteiger partial charge on any atom is 0.499 e. The van der Waals surface area contributed by atoms with Crippen LogP contribution >= 0.6 is 0 Å². The molecule has 0 amide bonds. The van der Waals surface area contributed by atoms with Crippen LogP contribution in [0.25, 0.3) is 0 Å². The highest BCUT2D eigenvalue weighted by atomic mass is 19.1. The molecule has 1 aliphatic rings. The largest absolute Gasteiger partial charge is 0.499 e. The summed E-state index contributed by atoms with van der Waals surface area (Å²) in [6, 6.07) is 1.49. The number of anilines is 1. The fourth-order valence-corrected chi connectivity index (χ4v) is 1.62. The number of nitrogen functional groups attached to an aromatic ring is 1. The van der Waals surface area contributed by atoms with Gasteiger partial charge in [0.1, 0.15) is 0 Å². The van der Waals surface area contributed by atoms with Gasteiger partial charge in [-0.2, -0.15) is 4.39 Å². The Morgan fingerprint density at radius 2 is 1.76 bits per heavy atom. The van der Waals surface area contributed by atoms with E-state index in [1.807, 2.05) is 27.7 Å². The Labute approximate surface area is 100 Å². The molecule has 6 heteroatoms. The summed E-state index contributed by atoms with van der Waals surface area (Å²) in [4.78, 5) is 3.57. The number of aromatic nitrogens is 1. The van der Waals surface area contributed by atoms with Gasteiger partial charge in [-0.05, 0) is 33.8 Å². The lowest BCUT2D eigenvalue weighted by Crippen LogP contribution is -2.41. The average molecular weight is 238 g/mol. The third kappa shape index (κ3) is 2.02. The van der Waals surface area contributed by atoms with E-state index in [1.165, 1.54) is 12.3 Å². The number of hydrogen-bond acceptors (Lipinski definition) is 4. The van der Waals surface area contributed by atoms with Gasteiger partial charge >= 0.3 is 7.12 Å². The summed E-state index contributed by atoms with van der Waals surface area (Å²) in [5, 5.41) is 0. The van der Waals surface area contributed by atoms with E-state index in [1.54, 1.807) is 0 Å². The van der Waals surface area contributed by atoms with Gasteiger partial charge in [0, 0.05) is 11.2 Å². The van der Waals surface area contributed by atoms with Gasteiger partial charge in [-0.1, -0.05) is 0 Å². The maximum atomic E-state index is 13.6. The van der Waals surface area contributed by atoms with Crippen LogP contribution in [0.15, 0.2) is 12.3 Å². The molecule has 2 heterocycles. The van der Waals surface area contributed by atoms with Gasteiger partial charge in [0.25, 0.3) is 0 Å². The quantitative estimate of drug-likeness (QED) is 0.588. The first-order chi connectivity index (χ1) is 7.73. The molecule has 1 saturated heterocycles. The van der Waals surface area contributed by atoms with Crippen LogP contribution in [0, 0.1) is 5.95 Å². The molecule has 2 rings (SSSR count). The average Bonchev–Trinajstić information content (AvgIpc) is 2.40. The highest BCUT2D eigenvalue weighted by Gasteiger charge is 2.52. The van der Waals surface area contributed by atoms with Crippen LogP contribution in [0.3, 0.4) is 0 Å². The predicted octanol–water partition coefficient (Wildman–Crippen LogP) is 1.10. The molecule has 1 aliphatic heterocycles. The van der Waals surface area contributed by atoms with Crippen LogP contribution in [0.2, 0.25) is 0 Å². The summed E-state index contributed by atoms with van der Waals surface area (Å²) in [6.07, 6.45) is 1.27. The van der Waals surface area contributed by atoms with Crippen molar-refractivity contribution in [1.29, 1.82) is 0 Å².